The van der Waals surface area contributed by atoms with Gasteiger partial charge in [0.25, 0.3) is 0 Å². The van der Waals surface area contributed by atoms with E-state index in [1.807, 2.05) is 12.3 Å². The van der Waals surface area contributed by atoms with E-state index in [0.717, 1.165) is 75.2 Å². The topological polar surface area (TPSA) is 108 Å². The van der Waals surface area contributed by atoms with E-state index in [0.29, 0.717) is 30.0 Å². The third-order valence-electron chi connectivity index (χ3n) is 8.19. The van der Waals surface area contributed by atoms with Gasteiger partial charge in [-0.1, -0.05) is 19.8 Å². The number of aldehydes is 1. The summed E-state index contributed by atoms with van der Waals surface area (Å²) in [6.07, 6.45) is 10.9. The predicted octanol–water partition coefficient (Wildman–Crippen LogP) is 4.17. The Morgan fingerprint density at radius 3 is 2.59 bits per heavy atom. The summed E-state index contributed by atoms with van der Waals surface area (Å²) in [7, 11) is 0. The Balaban J connectivity index is 1.18. The zero-order valence-electron chi connectivity index (χ0n) is 21.9. The number of benzene rings is 1. The lowest BCUT2D eigenvalue weighted by molar-refractivity contribution is -0.109. The Bertz CT molecular complexity index is 1090. The monoisotopic (exact) mass is 504 g/mol. The van der Waals surface area contributed by atoms with Crippen molar-refractivity contribution in [1.29, 1.82) is 0 Å². The molecular weight excluding hydrogens is 464 g/mol. The highest BCUT2D eigenvalue weighted by Gasteiger charge is 2.34. The number of carbonyl (C=O) groups is 1. The quantitative estimate of drug-likeness (QED) is 0.437. The van der Waals surface area contributed by atoms with Crippen LogP contribution < -0.4 is 16.0 Å². The Kier molecular flexibility index (Phi) is 8.05. The molecule has 0 amide bonds. The highest BCUT2D eigenvalue weighted by Crippen LogP contribution is 2.43. The van der Waals surface area contributed by atoms with E-state index < -0.39 is 0 Å². The van der Waals surface area contributed by atoms with Gasteiger partial charge in [-0.15, -0.1) is 0 Å². The van der Waals surface area contributed by atoms with Gasteiger partial charge < -0.3 is 25.9 Å². The zero-order valence-corrected chi connectivity index (χ0v) is 21.9. The fraction of sp³-hybridized carbons (Fsp3) is 0.552. The van der Waals surface area contributed by atoms with Gasteiger partial charge in [0.05, 0.1) is 23.4 Å². The minimum atomic E-state index is -0.354. The zero-order chi connectivity index (χ0) is 25.8. The minimum Gasteiger partial charge on any atom is -0.512 e. The molecule has 2 aliphatic carbocycles. The van der Waals surface area contributed by atoms with Crippen LogP contribution in [0.3, 0.4) is 0 Å². The van der Waals surface area contributed by atoms with Crippen molar-refractivity contribution < 1.29 is 9.90 Å². The molecule has 2 heterocycles. The number of hydrogen-bond acceptors (Lipinski definition) is 8. The van der Waals surface area contributed by atoms with Gasteiger partial charge in [0, 0.05) is 50.3 Å². The molecule has 1 aromatic carbocycles. The normalized spacial score (nSPS) is 22.3. The molecule has 0 bridgehead atoms. The molecule has 1 saturated heterocycles. The van der Waals surface area contributed by atoms with Gasteiger partial charge in [0.1, 0.15) is 6.29 Å². The number of aromatic nitrogens is 2. The van der Waals surface area contributed by atoms with Crippen LogP contribution in [-0.2, 0) is 11.2 Å². The predicted molar refractivity (Wildman–Crippen MR) is 147 cm³/mol. The number of hydrogen-bond donors (Lipinski definition) is 3. The Hall–Kier alpha value is -2.97. The van der Waals surface area contributed by atoms with Crippen LogP contribution in [0.2, 0.25) is 0 Å². The molecule has 198 valence electrons. The molecule has 0 radical (unpaired) electrons. The summed E-state index contributed by atoms with van der Waals surface area (Å²) in [5, 5.41) is 14.0. The van der Waals surface area contributed by atoms with Crippen LogP contribution in [0.25, 0.3) is 0 Å². The highest BCUT2D eigenvalue weighted by molar-refractivity contribution is 5.60. The van der Waals surface area contributed by atoms with Crippen molar-refractivity contribution in [3.05, 3.63) is 53.6 Å². The number of nitrogens with one attached hydrogen (secondary N) is 1. The van der Waals surface area contributed by atoms with Gasteiger partial charge in [-0.05, 0) is 73.4 Å². The minimum absolute atomic E-state index is 0.000541. The number of allylic oxidation sites excluding steroid dienone is 2. The Labute approximate surface area is 220 Å². The number of piperazine rings is 1. The molecule has 1 aliphatic heterocycles. The summed E-state index contributed by atoms with van der Waals surface area (Å²) >= 11 is 0. The van der Waals surface area contributed by atoms with Gasteiger partial charge >= 0.3 is 0 Å². The molecule has 5 rings (SSSR count). The summed E-state index contributed by atoms with van der Waals surface area (Å²) in [5.74, 6) is 1.94. The van der Waals surface area contributed by atoms with E-state index in [4.69, 9.17) is 10.7 Å². The number of nitrogens with two attached hydrogens (primary N) is 1. The van der Waals surface area contributed by atoms with Crippen molar-refractivity contribution in [3.63, 3.8) is 0 Å². The molecule has 2 aromatic rings. The van der Waals surface area contributed by atoms with E-state index in [-0.39, 0.29) is 12.0 Å². The van der Waals surface area contributed by atoms with E-state index >= 15 is 0 Å². The van der Waals surface area contributed by atoms with E-state index in [2.05, 4.69) is 51.3 Å². The molecule has 8 heteroatoms. The van der Waals surface area contributed by atoms with Gasteiger partial charge in [-0.2, -0.15) is 0 Å². The number of aliphatic hydroxyl groups excluding tert-OH is 1. The maximum absolute atomic E-state index is 10.8. The summed E-state index contributed by atoms with van der Waals surface area (Å²) < 4.78 is 0. The Morgan fingerprint density at radius 1 is 1.16 bits per heavy atom. The van der Waals surface area contributed by atoms with Gasteiger partial charge in [-0.3, -0.25) is 4.90 Å². The number of rotatable bonds is 9. The van der Waals surface area contributed by atoms with Crippen molar-refractivity contribution in [1.82, 2.24) is 14.9 Å². The van der Waals surface area contributed by atoms with E-state index in [1.165, 1.54) is 18.5 Å². The second-order valence-electron chi connectivity index (χ2n) is 11.1. The lowest BCUT2D eigenvalue weighted by Gasteiger charge is -2.37. The second kappa shape index (κ2) is 11.6. The first-order chi connectivity index (χ1) is 18.0. The maximum atomic E-state index is 10.8. The largest absolute Gasteiger partial charge is 0.512 e. The number of carbonyl (C=O) groups excluding carboxylic acids is 1. The van der Waals surface area contributed by atoms with Gasteiger partial charge in [0.15, 0.2) is 0 Å². The summed E-state index contributed by atoms with van der Waals surface area (Å²) in [6.45, 7) is 7.12. The molecule has 2 fully saturated rings. The van der Waals surface area contributed by atoms with Crippen LogP contribution >= 0.6 is 0 Å². The summed E-state index contributed by atoms with van der Waals surface area (Å²) in [4.78, 5) is 25.2. The second-order valence-corrected chi connectivity index (χ2v) is 11.1. The average molecular weight is 505 g/mol. The van der Waals surface area contributed by atoms with Crippen LogP contribution in [0.5, 0.6) is 0 Å². The third kappa shape index (κ3) is 6.13. The van der Waals surface area contributed by atoms with E-state index in [9.17, 15) is 9.90 Å². The van der Waals surface area contributed by atoms with Crippen LogP contribution in [0.1, 0.15) is 56.2 Å². The highest BCUT2D eigenvalue weighted by atomic mass is 16.3. The molecule has 3 atom stereocenters. The lowest BCUT2D eigenvalue weighted by atomic mass is 9.81. The van der Waals surface area contributed by atoms with Crippen molar-refractivity contribution in [2.45, 2.75) is 57.4 Å². The number of aliphatic hydroxyl groups is 1. The number of fused-ring (bicyclic) bond motifs is 1. The molecule has 3 aliphatic rings. The van der Waals surface area contributed by atoms with Crippen molar-refractivity contribution in [3.8, 4) is 0 Å². The smallest absolute Gasteiger partial charge is 0.227 e. The van der Waals surface area contributed by atoms with Crippen LogP contribution in [0.15, 0.2) is 42.3 Å². The first-order valence-corrected chi connectivity index (χ1v) is 13.8. The molecule has 37 heavy (non-hydrogen) atoms. The third-order valence-corrected chi connectivity index (χ3v) is 8.19. The lowest BCUT2D eigenvalue weighted by Crippen LogP contribution is -2.48. The van der Waals surface area contributed by atoms with Gasteiger partial charge in [0.2, 0.25) is 5.95 Å². The summed E-state index contributed by atoms with van der Waals surface area (Å²) in [5.41, 5.74) is 10.1. The molecule has 1 saturated carbocycles. The average Bonchev–Trinajstić information content (AvgIpc) is 3.44. The van der Waals surface area contributed by atoms with Crippen molar-refractivity contribution in [2.75, 3.05) is 42.9 Å². The molecule has 8 nitrogen and oxygen atoms in total. The standard InChI is InChI=1S/C29H40N6O2/c1-20(16-23(30)19-36)18-34-12-14-35(15-13-34)25-9-7-24(8-10-25)32-29-31-17-22-6-11-26(37)27(28(22)33-29)21-4-2-3-5-21/h7-11,17,19-21,23,27,37H,2-6,12-16,18,30H2,1H3,(H,31,32,33). The molecule has 0 spiro atoms. The molecular formula is C29H40N6O2. The fourth-order valence-corrected chi connectivity index (χ4v) is 6.25. The Morgan fingerprint density at radius 2 is 1.89 bits per heavy atom. The first kappa shape index (κ1) is 25.7. The van der Waals surface area contributed by atoms with Gasteiger partial charge in [-0.25, -0.2) is 9.97 Å². The molecule has 1 aromatic heterocycles. The SMILES string of the molecule is CC(CC(N)C=O)CN1CCN(c2ccc(Nc3ncc4c(n3)C(C3CCCC3)C(O)=CC4)cc2)CC1. The van der Waals surface area contributed by atoms with Crippen molar-refractivity contribution >= 4 is 23.6 Å². The molecule has 4 N–H and O–H groups in total. The van der Waals surface area contributed by atoms with Crippen LogP contribution in [0.4, 0.5) is 17.3 Å². The number of anilines is 3. The fourth-order valence-electron chi connectivity index (χ4n) is 6.25. The first-order valence-electron chi connectivity index (χ1n) is 13.8. The summed E-state index contributed by atoms with van der Waals surface area (Å²) in [6, 6.07) is 8.11. The maximum Gasteiger partial charge on any atom is 0.227 e. The van der Waals surface area contributed by atoms with E-state index in [1.54, 1.807) is 0 Å². The van der Waals surface area contributed by atoms with Crippen LogP contribution in [-0.4, -0.2) is 65.0 Å². The number of nitrogens with zero attached hydrogens (tertiary/aromatic N) is 4. The van der Waals surface area contributed by atoms with Crippen LogP contribution in [0, 0.1) is 11.8 Å². The van der Waals surface area contributed by atoms with Crippen molar-refractivity contribution in [2.24, 2.45) is 17.6 Å². The molecule has 3 unspecified atom stereocenters.